The molecule has 0 bridgehead atoms. The molecule has 0 radical (unpaired) electrons. The highest BCUT2D eigenvalue weighted by molar-refractivity contribution is 5.74. The van der Waals surface area contributed by atoms with Crippen molar-refractivity contribution >= 4 is 5.97 Å². The van der Waals surface area contributed by atoms with Crippen LogP contribution < -0.4 is 0 Å². The molecule has 0 fully saturated rings. The zero-order chi connectivity index (χ0) is 18.1. The Hall–Kier alpha value is -0.790. The van der Waals surface area contributed by atoms with Gasteiger partial charge in [0, 0.05) is 0 Å². The number of carbonyl (C=O) groups is 1. The van der Waals surface area contributed by atoms with E-state index in [0.29, 0.717) is 0 Å². The van der Waals surface area contributed by atoms with Crippen LogP contribution in [-0.4, -0.2) is 11.1 Å². The molecule has 0 aromatic carbocycles. The molecule has 0 rings (SSSR count). The Bertz CT molecular complexity index is 316. The van der Waals surface area contributed by atoms with Crippen molar-refractivity contribution in [3.63, 3.8) is 0 Å². The molecule has 0 saturated carbocycles. The highest BCUT2D eigenvalue weighted by Gasteiger charge is 2.33. The van der Waals surface area contributed by atoms with Crippen LogP contribution in [0.4, 0.5) is 0 Å². The molecule has 0 spiro atoms. The molecule has 0 saturated heterocycles. The lowest BCUT2D eigenvalue weighted by Crippen LogP contribution is -2.29. The Morgan fingerprint density at radius 2 is 1.21 bits per heavy atom. The summed E-state index contributed by atoms with van der Waals surface area (Å²) in [6.07, 6.45) is 22.4. The van der Waals surface area contributed by atoms with Crippen LogP contribution in [-0.2, 0) is 4.79 Å². The van der Waals surface area contributed by atoms with E-state index in [9.17, 15) is 9.90 Å². The van der Waals surface area contributed by atoms with Gasteiger partial charge in [-0.15, -0.1) is 0 Å². The molecule has 142 valence electrons. The summed E-state index contributed by atoms with van der Waals surface area (Å²) in [7, 11) is 0. The van der Waals surface area contributed by atoms with Crippen molar-refractivity contribution in [3.8, 4) is 0 Å². The molecule has 0 aliphatic carbocycles. The molecule has 2 heteroatoms. The van der Waals surface area contributed by atoms with Gasteiger partial charge < -0.3 is 5.11 Å². The van der Waals surface area contributed by atoms with Crippen molar-refractivity contribution < 1.29 is 9.90 Å². The van der Waals surface area contributed by atoms with Crippen LogP contribution in [0, 0.1) is 5.41 Å². The second kappa shape index (κ2) is 15.7. The van der Waals surface area contributed by atoms with Gasteiger partial charge in [0.05, 0.1) is 5.41 Å². The summed E-state index contributed by atoms with van der Waals surface area (Å²) in [5.41, 5.74) is -0.475. The second-order valence-electron chi connectivity index (χ2n) is 7.27. The number of allylic oxidation sites excluding steroid dienone is 2. The van der Waals surface area contributed by atoms with Crippen molar-refractivity contribution in [2.75, 3.05) is 0 Å². The lowest BCUT2D eigenvalue weighted by Gasteiger charge is -2.26. The number of carboxylic acids is 1. The van der Waals surface area contributed by atoms with Gasteiger partial charge in [-0.05, 0) is 44.9 Å². The quantitative estimate of drug-likeness (QED) is 0.220. The Balaban J connectivity index is 3.50. The standard InChI is InChI=1S/C22H42O2/c1-4-7-8-9-10-11-12-13-14-15-16-17-18-19-20-22(5-2,6-3)21(23)24/h13-14H,4-12,15-20H2,1-3H3,(H,23,24). The third kappa shape index (κ3) is 10.9. The van der Waals surface area contributed by atoms with Crippen LogP contribution in [0.15, 0.2) is 12.2 Å². The summed E-state index contributed by atoms with van der Waals surface area (Å²) in [5, 5.41) is 9.42. The minimum atomic E-state index is -0.606. The van der Waals surface area contributed by atoms with E-state index in [1.54, 1.807) is 0 Å². The van der Waals surface area contributed by atoms with Crippen LogP contribution in [0.3, 0.4) is 0 Å². The monoisotopic (exact) mass is 338 g/mol. The largest absolute Gasteiger partial charge is 0.481 e. The van der Waals surface area contributed by atoms with Gasteiger partial charge in [-0.25, -0.2) is 0 Å². The molecule has 0 amide bonds. The molecule has 0 aliphatic rings. The molecule has 2 nitrogen and oxygen atoms in total. The van der Waals surface area contributed by atoms with Crippen LogP contribution in [0.1, 0.15) is 117 Å². The van der Waals surface area contributed by atoms with Gasteiger partial charge in [-0.1, -0.05) is 84.3 Å². The van der Waals surface area contributed by atoms with Crippen molar-refractivity contribution in [3.05, 3.63) is 12.2 Å². The zero-order valence-corrected chi connectivity index (χ0v) is 16.6. The van der Waals surface area contributed by atoms with Gasteiger partial charge >= 0.3 is 5.97 Å². The molecule has 24 heavy (non-hydrogen) atoms. The van der Waals surface area contributed by atoms with E-state index in [2.05, 4.69) is 19.1 Å². The average Bonchev–Trinajstić information content (AvgIpc) is 2.58. The van der Waals surface area contributed by atoms with Gasteiger partial charge in [0.15, 0.2) is 0 Å². The summed E-state index contributed by atoms with van der Waals surface area (Å²) in [6.45, 7) is 6.28. The Kier molecular flexibility index (Phi) is 15.2. The summed E-state index contributed by atoms with van der Waals surface area (Å²) in [5.74, 6) is -0.606. The lowest BCUT2D eigenvalue weighted by molar-refractivity contribution is -0.150. The second-order valence-corrected chi connectivity index (χ2v) is 7.27. The predicted molar refractivity (Wildman–Crippen MR) is 105 cm³/mol. The van der Waals surface area contributed by atoms with Crippen molar-refractivity contribution in [1.82, 2.24) is 0 Å². The smallest absolute Gasteiger partial charge is 0.309 e. The number of rotatable bonds is 17. The molecular weight excluding hydrogens is 296 g/mol. The van der Waals surface area contributed by atoms with E-state index in [-0.39, 0.29) is 0 Å². The fraction of sp³-hybridized carbons (Fsp3) is 0.864. The van der Waals surface area contributed by atoms with Crippen molar-refractivity contribution in [1.29, 1.82) is 0 Å². The Morgan fingerprint density at radius 1 is 0.750 bits per heavy atom. The van der Waals surface area contributed by atoms with E-state index >= 15 is 0 Å². The van der Waals surface area contributed by atoms with Gasteiger partial charge in [-0.3, -0.25) is 4.79 Å². The van der Waals surface area contributed by atoms with E-state index < -0.39 is 11.4 Å². The molecule has 1 N–H and O–H groups in total. The number of unbranched alkanes of at least 4 members (excludes halogenated alkanes) is 10. The fourth-order valence-corrected chi connectivity index (χ4v) is 3.37. The number of hydrogen-bond donors (Lipinski definition) is 1. The normalized spacial score (nSPS) is 12.1. The first kappa shape index (κ1) is 23.2. The van der Waals surface area contributed by atoms with E-state index in [0.717, 1.165) is 25.7 Å². The van der Waals surface area contributed by atoms with Crippen LogP contribution in [0.25, 0.3) is 0 Å². The van der Waals surface area contributed by atoms with Gasteiger partial charge in [0.1, 0.15) is 0 Å². The topological polar surface area (TPSA) is 37.3 Å². The minimum Gasteiger partial charge on any atom is -0.481 e. The highest BCUT2D eigenvalue weighted by atomic mass is 16.4. The third-order valence-corrected chi connectivity index (χ3v) is 5.47. The predicted octanol–water partition coefficient (Wildman–Crippen LogP) is 7.52. The average molecular weight is 339 g/mol. The zero-order valence-electron chi connectivity index (χ0n) is 16.6. The summed E-state index contributed by atoms with van der Waals surface area (Å²) >= 11 is 0. The van der Waals surface area contributed by atoms with E-state index in [4.69, 9.17) is 0 Å². The first-order valence-electron chi connectivity index (χ1n) is 10.5. The lowest BCUT2D eigenvalue weighted by atomic mass is 9.78. The maximum Gasteiger partial charge on any atom is 0.309 e. The molecule has 0 atom stereocenters. The first-order valence-corrected chi connectivity index (χ1v) is 10.5. The fourth-order valence-electron chi connectivity index (χ4n) is 3.37. The summed E-state index contributed by atoms with van der Waals surface area (Å²) in [6, 6.07) is 0. The Labute approximate surface area is 151 Å². The van der Waals surface area contributed by atoms with E-state index in [1.807, 2.05) is 13.8 Å². The number of hydrogen-bond acceptors (Lipinski definition) is 1. The molecular formula is C22H42O2. The molecule has 0 aromatic rings. The number of carboxylic acid groups (broad SMARTS) is 1. The SMILES string of the molecule is CCCCCCCCC=CCCCCCCC(CC)(CC)C(=O)O. The highest BCUT2D eigenvalue weighted by Crippen LogP contribution is 2.33. The first-order chi connectivity index (χ1) is 11.6. The van der Waals surface area contributed by atoms with Gasteiger partial charge in [-0.2, -0.15) is 0 Å². The number of aliphatic carboxylic acids is 1. The molecule has 0 aliphatic heterocycles. The minimum absolute atomic E-state index is 0.475. The maximum atomic E-state index is 11.4. The maximum absolute atomic E-state index is 11.4. The van der Waals surface area contributed by atoms with Gasteiger partial charge in [0.2, 0.25) is 0 Å². The molecule has 0 aromatic heterocycles. The van der Waals surface area contributed by atoms with Crippen molar-refractivity contribution in [2.45, 2.75) is 117 Å². The van der Waals surface area contributed by atoms with Gasteiger partial charge in [0.25, 0.3) is 0 Å². The molecule has 0 unspecified atom stereocenters. The van der Waals surface area contributed by atoms with Crippen LogP contribution in [0.2, 0.25) is 0 Å². The molecule has 0 heterocycles. The van der Waals surface area contributed by atoms with Crippen molar-refractivity contribution in [2.24, 2.45) is 5.41 Å². The third-order valence-electron chi connectivity index (χ3n) is 5.47. The Morgan fingerprint density at radius 3 is 1.67 bits per heavy atom. The van der Waals surface area contributed by atoms with Crippen LogP contribution >= 0.6 is 0 Å². The summed E-state index contributed by atoms with van der Waals surface area (Å²) < 4.78 is 0. The van der Waals surface area contributed by atoms with E-state index in [1.165, 1.54) is 70.6 Å². The van der Waals surface area contributed by atoms with Crippen LogP contribution in [0.5, 0.6) is 0 Å². The summed E-state index contributed by atoms with van der Waals surface area (Å²) in [4.78, 5) is 11.4.